The number of amides is 1. The van der Waals surface area contributed by atoms with Gasteiger partial charge in [-0.2, -0.15) is 0 Å². The number of carbonyl (C=O) groups is 2. The normalized spacial score (nSPS) is 10.5. The molecule has 0 unspecified atom stereocenters. The minimum Gasteiger partial charge on any atom is -0.451 e. The van der Waals surface area contributed by atoms with Crippen LogP contribution in [0.1, 0.15) is 20.9 Å². The van der Waals surface area contributed by atoms with Gasteiger partial charge in [0.25, 0.3) is 5.91 Å². The molecular weight excluding hydrogens is 384 g/mol. The number of benzene rings is 2. The fourth-order valence-electron chi connectivity index (χ4n) is 2.35. The van der Waals surface area contributed by atoms with Gasteiger partial charge in [0.05, 0.1) is 5.69 Å². The number of halogens is 1. The minimum atomic E-state index is -0.565. The molecule has 0 bridgehead atoms. The standard InChI is InChI=1S/C20H17ClN2O3S/c1-12-8-9-15(10-16(12)21)23-17(24)11-26-20(25)18-13(2)22-19(27-18)14-6-4-3-5-7-14/h3-10H,11H2,1-2H3,(H,23,24). The lowest BCUT2D eigenvalue weighted by atomic mass is 10.2. The molecule has 3 aromatic rings. The zero-order chi connectivity index (χ0) is 19.4. The SMILES string of the molecule is Cc1ccc(NC(=O)COC(=O)c2sc(-c3ccccc3)nc2C)cc1Cl. The first kappa shape index (κ1) is 19.1. The third kappa shape index (κ3) is 4.72. The van der Waals surface area contributed by atoms with Crippen molar-refractivity contribution < 1.29 is 14.3 Å². The molecule has 0 fully saturated rings. The van der Waals surface area contributed by atoms with Crippen LogP contribution in [-0.2, 0) is 9.53 Å². The molecule has 0 radical (unpaired) electrons. The summed E-state index contributed by atoms with van der Waals surface area (Å²) in [4.78, 5) is 29.1. The summed E-state index contributed by atoms with van der Waals surface area (Å²) >= 11 is 7.28. The van der Waals surface area contributed by atoms with E-state index in [-0.39, 0.29) is 6.61 Å². The van der Waals surface area contributed by atoms with Gasteiger partial charge in [0.1, 0.15) is 9.88 Å². The molecule has 0 saturated carbocycles. The minimum absolute atomic E-state index is 0.387. The van der Waals surface area contributed by atoms with Crippen LogP contribution < -0.4 is 5.32 Å². The summed E-state index contributed by atoms with van der Waals surface area (Å²) in [6.07, 6.45) is 0. The first-order valence-corrected chi connectivity index (χ1v) is 9.39. The molecule has 0 aliphatic heterocycles. The zero-order valence-corrected chi connectivity index (χ0v) is 16.4. The van der Waals surface area contributed by atoms with Gasteiger partial charge in [0, 0.05) is 16.3 Å². The second-order valence-corrected chi connectivity index (χ2v) is 7.29. The van der Waals surface area contributed by atoms with E-state index < -0.39 is 11.9 Å². The molecule has 0 aliphatic carbocycles. The molecule has 0 atom stereocenters. The van der Waals surface area contributed by atoms with Crippen molar-refractivity contribution in [1.29, 1.82) is 0 Å². The number of rotatable bonds is 5. The summed E-state index contributed by atoms with van der Waals surface area (Å²) < 4.78 is 5.13. The van der Waals surface area contributed by atoms with E-state index in [0.717, 1.165) is 16.1 Å². The molecule has 2 aromatic carbocycles. The monoisotopic (exact) mass is 400 g/mol. The van der Waals surface area contributed by atoms with E-state index in [1.54, 1.807) is 25.1 Å². The van der Waals surface area contributed by atoms with Gasteiger partial charge >= 0.3 is 5.97 Å². The predicted molar refractivity (Wildman–Crippen MR) is 107 cm³/mol. The Morgan fingerprint density at radius 3 is 2.59 bits per heavy atom. The predicted octanol–water partition coefficient (Wildman–Crippen LogP) is 4.88. The second-order valence-electron chi connectivity index (χ2n) is 5.89. The lowest BCUT2D eigenvalue weighted by Gasteiger charge is -2.07. The van der Waals surface area contributed by atoms with Crippen molar-refractivity contribution in [3.8, 4) is 10.6 Å². The van der Waals surface area contributed by atoms with Crippen molar-refractivity contribution in [2.45, 2.75) is 13.8 Å². The number of anilines is 1. The number of hydrogen-bond acceptors (Lipinski definition) is 5. The average molecular weight is 401 g/mol. The molecule has 27 heavy (non-hydrogen) atoms. The molecule has 0 saturated heterocycles. The van der Waals surface area contributed by atoms with Crippen LogP contribution in [0.3, 0.4) is 0 Å². The van der Waals surface area contributed by atoms with Crippen LogP contribution >= 0.6 is 22.9 Å². The van der Waals surface area contributed by atoms with E-state index in [9.17, 15) is 9.59 Å². The number of nitrogens with zero attached hydrogens (tertiary/aromatic N) is 1. The summed E-state index contributed by atoms with van der Waals surface area (Å²) in [6, 6.07) is 14.8. The summed E-state index contributed by atoms with van der Waals surface area (Å²) in [5.74, 6) is -1.00. The van der Waals surface area contributed by atoms with Crippen LogP contribution in [0.4, 0.5) is 5.69 Å². The van der Waals surface area contributed by atoms with Crippen LogP contribution in [0.2, 0.25) is 5.02 Å². The van der Waals surface area contributed by atoms with E-state index in [1.807, 2.05) is 37.3 Å². The number of nitrogens with one attached hydrogen (secondary N) is 1. The highest BCUT2D eigenvalue weighted by Crippen LogP contribution is 2.28. The number of thiazole rings is 1. The smallest absolute Gasteiger partial charge is 0.350 e. The molecule has 1 N–H and O–H groups in total. The molecule has 0 spiro atoms. The quantitative estimate of drug-likeness (QED) is 0.620. The maximum Gasteiger partial charge on any atom is 0.350 e. The molecule has 5 nitrogen and oxygen atoms in total. The highest BCUT2D eigenvalue weighted by Gasteiger charge is 2.18. The first-order chi connectivity index (χ1) is 12.9. The first-order valence-electron chi connectivity index (χ1n) is 8.20. The zero-order valence-electron chi connectivity index (χ0n) is 14.8. The Kier molecular flexibility index (Phi) is 5.88. The lowest BCUT2D eigenvalue weighted by Crippen LogP contribution is -2.20. The number of aromatic nitrogens is 1. The Morgan fingerprint density at radius 2 is 1.89 bits per heavy atom. The molecule has 1 aromatic heterocycles. The highest BCUT2D eigenvalue weighted by molar-refractivity contribution is 7.17. The van der Waals surface area contributed by atoms with Crippen LogP contribution in [0, 0.1) is 13.8 Å². The second kappa shape index (κ2) is 8.33. The van der Waals surface area contributed by atoms with Gasteiger partial charge in [-0.15, -0.1) is 11.3 Å². The van der Waals surface area contributed by atoms with E-state index in [2.05, 4.69) is 10.3 Å². The van der Waals surface area contributed by atoms with Crippen LogP contribution in [0.25, 0.3) is 10.6 Å². The van der Waals surface area contributed by atoms with Crippen molar-refractivity contribution >= 4 is 40.5 Å². The number of aryl methyl sites for hydroxylation is 2. The van der Waals surface area contributed by atoms with Gasteiger partial charge in [-0.05, 0) is 31.5 Å². The van der Waals surface area contributed by atoms with Gasteiger partial charge in [-0.3, -0.25) is 4.79 Å². The maximum absolute atomic E-state index is 12.3. The van der Waals surface area contributed by atoms with Gasteiger partial charge < -0.3 is 10.1 Å². The average Bonchev–Trinajstić information content (AvgIpc) is 3.05. The third-order valence-electron chi connectivity index (χ3n) is 3.79. The van der Waals surface area contributed by atoms with Crippen molar-refractivity contribution in [2.24, 2.45) is 0 Å². The van der Waals surface area contributed by atoms with Crippen LogP contribution in [-0.4, -0.2) is 23.5 Å². The fourth-order valence-corrected chi connectivity index (χ4v) is 3.50. The molecule has 0 aliphatic rings. The van der Waals surface area contributed by atoms with Crippen molar-refractivity contribution in [3.63, 3.8) is 0 Å². The summed E-state index contributed by atoms with van der Waals surface area (Å²) in [7, 11) is 0. The number of esters is 1. The maximum atomic E-state index is 12.3. The van der Waals surface area contributed by atoms with Gasteiger partial charge in [-0.1, -0.05) is 48.0 Å². The van der Waals surface area contributed by atoms with Crippen molar-refractivity contribution in [2.75, 3.05) is 11.9 Å². The van der Waals surface area contributed by atoms with E-state index in [1.165, 1.54) is 11.3 Å². The molecule has 1 amide bonds. The van der Waals surface area contributed by atoms with Gasteiger partial charge in [0.2, 0.25) is 0 Å². The number of carbonyl (C=O) groups excluding carboxylic acids is 2. The Balaban J connectivity index is 1.61. The van der Waals surface area contributed by atoms with Crippen molar-refractivity contribution in [3.05, 3.63) is 69.7 Å². The van der Waals surface area contributed by atoms with Gasteiger partial charge in [-0.25, -0.2) is 9.78 Å². The molecule has 1 heterocycles. The largest absolute Gasteiger partial charge is 0.451 e. The molecular formula is C20H17ClN2O3S. The Labute approximate surface area is 166 Å². The number of ether oxygens (including phenoxy) is 1. The van der Waals surface area contributed by atoms with Crippen LogP contribution in [0.5, 0.6) is 0 Å². The molecule has 138 valence electrons. The van der Waals surface area contributed by atoms with E-state index >= 15 is 0 Å². The van der Waals surface area contributed by atoms with Crippen molar-refractivity contribution in [1.82, 2.24) is 4.98 Å². The van der Waals surface area contributed by atoms with Gasteiger partial charge in [0.15, 0.2) is 6.61 Å². The summed E-state index contributed by atoms with van der Waals surface area (Å²) in [5, 5.41) is 3.94. The van der Waals surface area contributed by atoms with Crippen LogP contribution in [0.15, 0.2) is 48.5 Å². The van der Waals surface area contributed by atoms with E-state index in [0.29, 0.717) is 21.3 Å². The lowest BCUT2D eigenvalue weighted by molar-refractivity contribution is -0.119. The Bertz CT molecular complexity index is 986. The van der Waals surface area contributed by atoms with E-state index in [4.69, 9.17) is 16.3 Å². The topological polar surface area (TPSA) is 68.3 Å². The molecule has 3 rings (SSSR count). The number of hydrogen-bond donors (Lipinski definition) is 1. The summed E-state index contributed by atoms with van der Waals surface area (Å²) in [5.41, 5.74) is 2.97. The Hall–Kier alpha value is -2.70. The molecule has 7 heteroatoms. The third-order valence-corrected chi connectivity index (χ3v) is 5.39. The Morgan fingerprint density at radius 1 is 1.15 bits per heavy atom. The fraction of sp³-hybridized carbons (Fsp3) is 0.150. The highest BCUT2D eigenvalue weighted by atomic mass is 35.5. The summed E-state index contributed by atoms with van der Waals surface area (Å²) in [6.45, 7) is 3.23.